The second-order valence-corrected chi connectivity index (χ2v) is 1.70. The van der Waals surface area contributed by atoms with E-state index in [9.17, 15) is 4.79 Å². The van der Waals surface area contributed by atoms with E-state index < -0.39 is 5.56 Å². The van der Waals surface area contributed by atoms with Gasteiger partial charge in [-0.25, -0.2) is 5.10 Å². The third-order valence-corrected chi connectivity index (χ3v) is 0.972. The van der Waals surface area contributed by atoms with Crippen LogP contribution in [-0.2, 0) is 0 Å². The molecular weight excluding hydrogens is 120 g/mol. The van der Waals surface area contributed by atoms with Crippen molar-refractivity contribution in [2.45, 2.75) is 6.92 Å². The lowest BCUT2D eigenvalue weighted by molar-refractivity contribution is 0.464. The van der Waals surface area contributed by atoms with Crippen molar-refractivity contribution in [3.63, 3.8) is 0 Å². The molecule has 0 unspecified atom stereocenters. The molecule has 0 aliphatic heterocycles. The van der Waals surface area contributed by atoms with E-state index in [1.807, 2.05) is 0 Å². The molecule has 9 heavy (non-hydrogen) atoms. The Morgan fingerprint density at radius 3 is 2.89 bits per heavy atom. The van der Waals surface area contributed by atoms with Gasteiger partial charge in [-0.3, -0.25) is 4.79 Å². The largest absolute Gasteiger partial charge is 0.506 e. The first-order chi connectivity index (χ1) is 4.20. The highest BCUT2D eigenvalue weighted by Crippen LogP contribution is 2.05. The Balaban J connectivity index is 3.34. The molecule has 0 aromatic carbocycles. The molecule has 0 spiro atoms. The molecule has 1 heterocycles. The molecule has 0 saturated heterocycles. The van der Waals surface area contributed by atoms with Crippen molar-refractivity contribution in [1.29, 1.82) is 0 Å². The van der Waals surface area contributed by atoms with E-state index in [0.717, 1.165) is 6.07 Å². The molecule has 1 aromatic rings. The summed E-state index contributed by atoms with van der Waals surface area (Å²) in [5, 5.41) is 14.5. The zero-order valence-corrected chi connectivity index (χ0v) is 4.88. The molecule has 0 aliphatic carbocycles. The van der Waals surface area contributed by atoms with Gasteiger partial charge in [-0.2, -0.15) is 5.10 Å². The minimum atomic E-state index is -0.391. The van der Waals surface area contributed by atoms with Crippen LogP contribution in [0.2, 0.25) is 0 Å². The van der Waals surface area contributed by atoms with E-state index in [0.29, 0.717) is 5.69 Å². The van der Waals surface area contributed by atoms with Crippen LogP contribution >= 0.6 is 0 Å². The van der Waals surface area contributed by atoms with Gasteiger partial charge in [0.1, 0.15) is 5.75 Å². The average molecular weight is 126 g/mol. The summed E-state index contributed by atoms with van der Waals surface area (Å²) in [6.07, 6.45) is 0. The number of aromatic hydroxyl groups is 1. The number of aromatic amines is 1. The van der Waals surface area contributed by atoms with Crippen LogP contribution < -0.4 is 5.56 Å². The van der Waals surface area contributed by atoms with Crippen LogP contribution in [0.15, 0.2) is 10.9 Å². The number of hydrogen-bond acceptors (Lipinski definition) is 3. The van der Waals surface area contributed by atoms with Crippen molar-refractivity contribution in [1.82, 2.24) is 10.2 Å². The van der Waals surface area contributed by atoms with Crippen molar-refractivity contribution in [2.24, 2.45) is 0 Å². The highest BCUT2D eigenvalue weighted by atomic mass is 16.3. The van der Waals surface area contributed by atoms with E-state index in [-0.39, 0.29) is 5.75 Å². The lowest BCUT2D eigenvalue weighted by atomic mass is 10.4. The minimum absolute atomic E-state index is 0.0706. The Morgan fingerprint density at radius 2 is 2.44 bits per heavy atom. The Bertz CT molecular complexity index is 266. The Labute approximate surface area is 51.2 Å². The average Bonchev–Trinajstić information content (AvgIpc) is 1.80. The van der Waals surface area contributed by atoms with Gasteiger partial charge < -0.3 is 5.11 Å². The monoisotopic (exact) mass is 126 g/mol. The van der Waals surface area contributed by atoms with Crippen LogP contribution in [0.1, 0.15) is 5.69 Å². The third-order valence-electron chi connectivity index (χ3n) is 0.972. The van der Waals surface area contributed by atoms with E-state index in [1.54, 1.807) is 6.92 Å². The van der Waals surface area contributed by atoms with Gasteiger partial charge in [0.15, 0.2) is 0 Å². The Kier molecular flexibility index (Phi) is 1.22. The summed E-state index contributed by atoms with van der Waals surface area (Å²) in [6, 6.07) is 1.09. The van der Waals surface area contributed by atoms with E-state index in [4.69, 9.17) is 5.11 Å². The Hall–Kier alpha value is -1.32. The number of nitrogens with zero attached hydrogens (tertiary/aromatic N) is 1. The lowest BCUT2D eigenvalue weighted by Gasteiger charge is -1.91. The van der Waals surface area contributed by atoms with Crippen LogP contribution in [0.5, 0.6) is 5.75 Å². The molecule has 1 aromatic heterocycles. The number of H-pyrrole nitrogens is 1. The van der Waals surface area contributed by atoms with Gasteiger partial charge in [0.05, 0.1) is 5.69 Å². The smallest absolute Gasteiger partial charge is 0.267 e. The molecule has 1 rings (SSSR count). The van der Waals surface area contributed by atoms with Gasteiger partial charge in [-0.15, -0.1) is 0 Å². The molecule has 4 nitrogen and oxygen atoms in total. The third kappa shape index (κ3) is 1.07. The molecular formula is C5H6N2O2. The number of aryl methyl sites for hydroxylation is 1. The van der Waals surface area contributed by atoms with Crippen molar-refractivity contribution in [2.75, 3.05) is 0 Å². The lowest BCUT2D eigenvalue weighted by Crippen LogP contribution is -2.06. The number of nitrogens with one attached hydrogen (secondary N) is 1. The van der Waals surface area contributed by atoms with Crippen molar-refractivity contribution < 1.29 is 5.11 Å². The van der Waals surface area contributed by atoms with Crippen LogP contribution in [0.25, 0.3) is 0 Å². The minimum Gasteiger partial charge on any atom is -0.506 e. The van der Waals surface area contributed by atoms with E-state index in [1.165, 1.54) is 0 Å². The Morgan fingerprint density at radius 1 is 1.78 bits per heavy atom. The molecule has 0 saturated carbocycles. The summed E-state index contributed by atoms with van der Waals surface area (Å²) in [5.74, 6) is -0.0706. The normalized spacial score (nSPS) is 9.44. The predicted octanol–water partition coefficient (Wildman–Crippen LogP) is -0.216. The summed E-state index contributed by atoms with van der Waals surface area (Å²) in [7, 11) is 0. The van der Waals surface area contributed by atoms with Gasteiger partial charge >= 0.3 is 0 Å². The summed E-state index contributed by atoms with van der Waals surface area (Å²) >= 11 is 0. The number of aromatic nitrogens is 2. The van der Waals surface area contributed by atoms with E-state index in [2.05, 4.69) is 10.2 Å². The summed E-state index contributed by atoms with van der Waals surface area (Å²) in [6.45, 7) is 1.60. The number of rotatable bonds is 0. The summed E-state index contributed by atoms with van der Waals surface area (Å²) in [4.78, 5) is 10.4. The zero-order valence-electron chi connectivity index (χ0n) is 4.88. The van der Waals surface area contributed by atoms with Crippen LogP contribution in [0.3, 0.4) is 0 Å². The molecule has 48 valence electrons. The molecule has 2 N–H and O–H groups in total. The molecule has 4 heteroatoms. The van der Waals surface area contributed by atoms with Crippen molar-refractivity contribution >= 4 is 0 Å². The molecule has 0 radical (unpaired) electrons. The maximum absolute atomic E-state index is 10.4. The van der Waals surface area contributed by atoms with Gasteiger partial charge in [-0.1, -0.05) is 0 Å². The predicted molar refractivity (Wildman–Crippen MR) is 31.3 cm³/mol. The zero-order chi connectivity index (χ0) is 6.85. The molecule has 0 bridgehead atoms. The molecule has 0 atom stereocenters. The SMILES string of the molecule is Cc1n[nH]c(=O)cc1O. The van der Waals surface area contributed by atoms with Gasteiger partial charge in [-0.05, 0) is 6.92 Å². The van der Waals surface area contributed by atoms with Crippen LogP contribution in [-0.4, -0.2) is 15.3 Å². The highest BCUT2D eigenvalue weighted by molar-refractivity contribution is 5.20. The van der Waals surface area contributed by atoms with Crippen LogP contribution in [0.4, 0.5) is 0 Å². The summed E-state index contributed by atoms with van der Waals surface area (Å²) in [5.41, 5.74) is 0.0349. The maximum Gasteiger partial charge on any atom is 0.267 e. The fourth-order valence-electron chi connectivity index (χ4n) is 0.457. The second kappa shape index (κ2) is 1.89. The van der Waals surface area contributed by atoms with Gasteiger partial charge in [0.25, 0.3) is 5.56 Å². The number of hydrogen-bond donors (Lipinski definition) is 2. The van der Waals surface area contributed by atoms with E-state index >= 15 is 0 Å². The van der Waals surface area contributed by atoms with Crippen LogP contribution in [0, 0.1) is 6.92 Å². The molecule has 0 amide bonds. The second-order valence-electron chi connectivity index (χ2n) is 1.70. The first-order valence-corrected chi connectivity index (χ1v) is 2.45. The van der Waals surface area contributed by atoms with Gasteiger partial charge in [0, 0.05) is 6.07 Å². The van der Waals surface area contributed by atoms with Crippen molar-refractivity contribution in [3.05, 3.63) is 22.1 Å². The fraction of sp³-hybridized carbons (Fsp3) is 0.200. The van der Waals surface area contributed by atoms with Gasteiger partial charge in [0.2, 0.25) is 0 Å². The summed E-state index contributed by atoms with van der Waals surface area (Å²) < 4.78 is 0. The maximum atomic E-state index is 10.4. The first kappa shape index (κ1) is 5.81. The quantitative estimate of drug-likeness (QED) is 0.505. The first-order valence-electron chi connectivity index (χ1n) is 2.45. The topological polar surface area (TPSA) is 66.0 Å². The van der Waals surface area contributed by atoms with Crippen molar-refractivity contribution in [3.8, 4) is 5.75 Å². The standard InChI is InChI=1S/C5H6N2O2/c1-3-4(8)2-5(9)7-6-3/h2H,1H3,(H2,7,8,9). The fourth-order valence-corrected chi connectivity index (χ4v) is 0.457. The molecule has 0 fully saturated rings. The molecule has 0 aliphatic rings. The highest BCUT2D eigenvalue weighted by Gasteiger charge is 1.94.